The third-order valence-corrected chi connectivity index (χ3v) is 4.56. The number of hydrogen-bond acceptors (Lipinski definition) is 3. The summed E-state index contributed by atoms with van der Waals surface area (Å²) in [6.07, 6.45) is -4.10. The van der Waals surface area contributed by atoms with Crippen LogP contribution < -0.4 is 0 Å². The van der Waals surface area contributed by atoms with E-state index in [1.807, 2.05) is 0 Å². The van der Waals surface area contributed by atoms with E-state index < -0.39 is 56.4 Å². The Bertz CT molecular complexity index is 1070. The van der Waals surface area contributed by atoms with Crippen LogP contribution in [-0.4, -0.2) is 39.5 Å². The molecule has 1 atom stereocenters. The van der Waals surface area contributed by atoms with Crippen LogP contribution in [-0.2, 0) is 6.37 Å². The molecule has 1 amide bonds. The molecule has 27 heavy (non-hydrogen) atoms. The second-order valence-electron chi connectivity index (χ2n) is 6.22. The van der Waals surface area contributed by atoms with Gasteiger partial charge in [0.15, 0.2) is 0 Å². The van der Waals surface area contributed by atoms with Crippen LogP contribution in [0.2, 0.25) is 5.02 Å². The van der Waals surface area contributed by atoms with Crippen LogP contribution in [0.4, 0.5) is 8.78 Å². The molecule has 0 saturated carbocycles. The standard InChI is InChI=1S/C20H22ClF2N3O/c1-14-12-24-18(25-13-14)3-2-6-20(23)7-9-26(10-8-20)19(27)15-4-5-17(22)16(21)11-15/h4-5,11-13H,2-3,6-10H2,1H3/i1D3,3D2,7D2. The summed E-state index contributed by atoms with van der Waals surface area (Å²) in [4.78, 5) is 21.4. The minimum absolute atomic E-state index is 0.0440. The summed E-state index contributed by atoms with van der Waals surface area (Å²) in [6, 6.07) is 3.35. The predicted molar refractivity (Wildman–Crippen MR) is 100 cm³/mol. The van der Waals surface area contributed by atoms with Crippen LogP contribution in [0.3, 0.4) is 0 Å². The second kappa shape index (κ2) is 8.30. The zero-order valence-corrected chi connectivity index (χ0v) is 15.1. The van der Waals surface area contributed by atoms with Gasteiger partial charge in [-0.25, -0.2) is 18.7 Å². The fraction of sp³-hybridized carbons (Fsp3) is 0.450. The van der Waals surface area contributed by atoms with E-state index in [0.717, 1.165) is 29.4 Å². The molecule has 7 heteroatoms. The van der Waals surface area contributed by atoms with Crippen LogP contribution in [0, 0.1) is 12.7 Å². The second-order valence-corrected chi connectivity index (χ2v) is 6.63. The average molecular weight is 401 g/mol. The summed E-state index contributed by atoms with van der Waals surface area (Å²) in [5.41, 5.74) is -2.55. The monoisotopic (exact) mass is 400 g/mol. The Morgan fingerprint density at radius 1 is 1.44 bits per heavy atom. The first-order valence-electron chi connectivity index (χ1n) is 11.8. The lowest BCUT2D eigenvalue weighted by atomic mass is 9.88. The number of benzene rings is 1. The zero-order chi connectivity index (χ0) is 25.5. The number of carbonyl (C=O) groups is 1. The Hall–Kier alpha value is -2.08. The molecular formula is C20H22ClF2N3O. The van der Waals surface area contributed by atoms with Gasteiger partial charge in [-0.3, -0.25) is 4.79 Å². The molecule has 144 valence electrons. The number of aryl methyl sites for hydroxylation is 2. The molecular weight excluding hydrogens is 372 g/mol. The van der Waals surface area contributed by atoms with Crippen molar-refractivity contribution in [1.29, 1.82) is 0 Å². The number of halogens is 3. The van der Waals surface area contributed by atoms with Gasteiger partial charge in [0.1, 0.15) is 17.3 Å². The Morgan fingerprint density at radius 3 is 2.89 bits per heavy atom. The number of piperidine rings is 1. The lowest BCUT2D eigenvalue weighted by Gasteiger charge is -2.36. The molecule has 1 aromatic heterocycles. The van der Waals surface area contributed by atoms with Crippen LogP contribution in [0.5, 0.6) is 0 Å². The van der Waals surface area contributed by atoms with E-state index >= 15 is 4.39 Å². The summed E-state index contributed by atoms with van der Waals surface area (Å²) in [7, 11) is 0. The lowest BCUT2D eigenvalue weighted by Crippen LogP contribution is -2.44. The summed E-state index contributed by atoms with van der Waals surface area (Å²) >= 11 is 5.71. The van der Waals surface area contributed by atoms with Crippen molar-refractivity contribution in [1.82, 2.24) is 14.9 Å². The van der Waals surface area contributed by atoms with Gasteiger partial charge < -0.3 is 4.90 Å². The third-order valence-electron chi connectivity index (χ3n) is 4.27. The molecule has 1 aliphatic rings. The minimum atomic E-state index is -2.49. The molecule has 0 radical (unpaired) electrons. The smallest absolute Gasteiger partial charge is 0.253 e. The Kier molecular flexibility index (Phi) is 3.81. The van der Waals surface area contributed by atoms with E-state index in [9.17, 15) is 9.18 Å². The molecule has 1 fully saturated rings. The third kappa shape index (κ3) is 5.01. The van der Waals surface area contributed by atoms with E-state index in [2.05, 4.69) is 9.97 Å². The summed E-state index contributed by atoms with van der Waals surface area (Å²) in [5, 5.41) is -0.262. The molecule has 0 bridgehead atoms. The van der Waals surface area contributed by atoms with E-state index in [1.165, 1.54) is 6.07 Å². The highest BCUT2D eigenvalue weighted by Gasteiger charge is 2.35. The van der Waals surface area contributed by atoms with Crippen molar-refractivity contribution in [2.24, 2.45) is 0 Å². The molecule has 3 rings (SSSR count). The van der Waals surface area contributed by atoms with Crippen LogP contribution in [0.1, 0.15) is 57.0 Å². The number of aromatic nitrogens is 2. The Morgan fingerprint density at radius 2 is 2.22 bits per heavy atom. The molecule has 2 aromatic rings. The number of amides is 1. The van der Waals surface area contributed by atoms with E-state index in [4.69, 9.17) is 21.2 Å². The highest BCUT2D eigenvalue weighted by atomic mass is 35.5. The molecule has 1 unspecified atom stereocenters. The largest absolute Gasteiger partial charge is 0.338 e. The number of likely N-dealkylation sites (tertiary alicyclic amines) is 1. The number of carbonyl (C=O) groups excluding carboxylic acids is 1. The average Bonchev–Trinajstić information content (AvgIpc) is 2.75. The normalized spacial score (nSPS) is 26.6. The molecule has 0 aliphatic carbocycles. The summed E-state index contributed by atoms with van der Waals surface area (Å²) in [5.74, 6) is -1.65. The number of nitrogens with zero attached hydrogens (tertiary/aromatic N) is 3. The number of hydrogen-bond donors (Lipinski definition) is 0. The zero-order valence-electron chi connectivity index (χ0n) is 21.3. The first-order chi connectivity index (χ1) is 15.6. The predicted octanol–water partition coefficient (Wildman–Crippen LogP) is 4.54. The maximum atomic E-state index is 15.7. The molecule has 0 N–H and O–H groups in total. The van der Waals surface area contributed by atoms with Crippen molar-refractivity contribution in [3.8, 4) is 0 Å². The van der Waals surface area contributed by atoms with Gasteiger partial charge in [0.25, 0.3) is 5.91 Å². The minimum Gasteiger partial charge on any atom is -0.338 e. The lowest BCUT2D eigenvalue weighted by molar-refractivity contribution is 0.0389. The fourth-order valence-electron chi connectivity index (χ4n) is 2.71. The number of alkyl halides is 1. The van der Waals surface area contributed by atoms with Gasteiger partial charge in [-0.05, 0) is 56.2 Å². The van der Waals surface area contributed by atoms with Gasteiger partial charge in [-0.1, -0.05) is 11.6 Å². The maximum absolute atomic E-state index is 15.7. The molecule has 4 nitrogen and oxygen atoms in total. The molecule has 1 aromatic carbocycles. The first kappa shape index (κ1) is 12.4. The van der Waals surface area contributed by atoms with Gasteiger partial charge in [0.2, 0.25) is 0 Å². The first-order valence-corrected chi connectivity index (χ1v) is 8.70. The van der Waals surface area contributed by atoms with Gasteiger partial charge >= 0.3 is 0 Å². The van der Waals surface area contributed by atoms with Crippen molar-refractivity contribution < 1.29 is 23.2 Å². The van der Waals surface area contributed by atoms with Crippen molar-refractivity contribution in [3.63, 3.8) is 0 Å². The van der Waals surface area contributed by atoms with Gasteiger partial charge in [-0.2, -0.15) is 0 Å². The molecule has 0 spiro atoms. The van der Waals surface area contributed by atoms with Crippen molar-refractivity contribution >= 4 is 17.5 Å². The van der Waals surface area contributed by atoms with Crippen molar-refractivity contribution in [2.75, 3.05) is 13.1 Å². The van der Waals surface area contributed by atoms with Gasteiger partial charge in [0.05, 0.1) is 5.02 Å². The van der Waals surface area contributed by atoms with Gasteiger partial charge in [-0.15, -0.1) is 0 Å². The topological polar surface area (TPSA) is 46.1 Å². The number of rotatable bonds is 5. The molecule has 1 saturated heterocycles. The fourth-order valence-corrected chi connectivity index (χ4v) is 2.89. The van der Waals surface area contributed by atoms with Crippen molar-refractivity contribution in [2.45, 2.75) is 44.5 Å². The van der Waals surface area contributed by atoms with E-state index in [1.54, 1.807) is 0 Å². The maximum Gasteiger partial charge on any atom is 0.253 e. The molecule has 2 heterocycles. The van der Waals surface area contributed by atoms with Gasteiger partial charge in [0, 0.05) is 47.0 Å². The summed E-state index contributed by atoms with van der Waals surface area (Å²) < 4.78 is 83.9. The summed E-state index contributed by atoms with van der Waals surface area (Å²) in [6.45, 7) is -3.16. The van der Waals surface area contributed by atoms with Crippen LogP contribution >= 0.6 is 11.6 Å². The van der Waals surface area contributed by atoms with Crippen molar-refractivity contribution in [3.05, 3.63) is 58.4 Å². The van der Waals surface area contributed by atoms with Crippen LogP contribution in [0.15, 0.2) is 30.6 Å². The quantitative estimate of drug-likeness (QED) is 0.739. The Balaban J connectivity index is 1.69. The Labute approximate surface area is 172 Å². The van der Waals surface area contributed by atoms with E-state index in [-0.39, 0.29) is 34.9 Å². The molecule has 1 aliphatic heterocycles. The highest BCUT2D eigenvalue weighted by Crippen LogP contribution is 2.32. The highest BCUT2D eigenvalue weighted by molar-refractivity contribution is 6.31. The van der Waals surface area contributed by atoms with Crippen LogP contribution in [0.25, 0.3) is 0 Å². The SMILES string of the molecule is [2H]C([2H])([2H])c1cnc(C([2H])([2H])CCC2(F)CCN(C(=O)c3ccc(F)c(Cl)c3)CC2([2H])[2H])nc1. The van der Waals surface area contributed by atoms with E-state index in [0.29, 0.717) is 0 Å².